The molecule has 110 valence electrons. The van der Waals surface area contributed by atoms with Crippen LogP contribution < -0.4 is 4.31 Å². The SMILES string of the molecule is O=S(=O)(c1cc(CO)ccc1Br)N1CCc2ccccc21. The molecule has 1 aliphatic rings. The maximum Gasteiger partial charge on any atom is 0.265 e. The monoisotopic (exact) mass is 367 g/mol. The van der Waals surface area contributed by atoms with Gasteiger partial charge in [0.25, 0.3) is 10.0 Å². The number of anilines is 1. The highest BCUT2D eigenvalue weighted by Crippen LogP contribution is 2.35. The second-order valence-corrected chi connectivity index (χ2v) is 7.56. The number of hydrogen-bond donors (Lipinski definition) is 1. The molecule has 2 aromatic rings. The number of aliphatic hydroxyl groups is 1. The van der Waals surface area contributed by atoms with E-state index in [0.29, 0.717) is 23.0 Å². The lowest BCUT2D eigenvalue weighted by Gasteiger charge is -2.20. The van der Waals surface area contributed by atoms with Crippen molar-refractivity contribution >= 4 is 31.6 Å². The topological polar surface area (TPSA) is 57.6 Å². The summed E-state index contributed by atoms with van der Waals surface area (Å²) < 4.78 is 27.7. The summed E-state index contributed by atoms with van der Waals surface area (Å²) in [7, 11) is -3.64. The van der Waals surface area contributed by atoms with Crippen LogP contribution in [0.3, 0.4) is 0 Å². The lowest BCUT2D eigenvalue weighted by molar-refractivity contribution is 0.281. The molecule has 6 heteroatoms. The molecule has 0 aromatic heterocycles. The number of benzene rings is 2. The van der Waals surface area contributed by atoms with Crippen LogP contribution in [0.5, 0.6) is 0 Å². The van der Waals surface area contributed by atoms with Crippen molar-refractivity contribution in [2.45, 2.75) is 17.9 Å². The van der Waals surface area contributed by atoms with Gasteiger partial charge in [0.1, 0.15) is 4.90 Å². The van der Waals surface area contributed by atoms with Crippen molar-refractivity contribution in [2.75, 3.05) is 10.8 Å². The molecule has 0 bridgehead atoms. The molecule has 0 fully saturated rings. The third-order valence-electron chi connectivity index (χ3n) is 3.59. The number of halogens is 1. The maximum absolute atomic E-state index is 12.9. The zero-order valence-electron chi connectivity index (χ0n) is 11.2. The first kappa shape index (κ1) is 14.6. The predicted molar refractivity (Wildman–Crippen MR) is 84.7 cm³/mol. The van der Waals surface area contributed by atoms with Gasteiger partial charge in [0.15, 0.2) is 0 Å². The van der Waals surface area contributed by atoms with Crippen molar-refractivity contribution in [2.24, 2.45) is 0 Å². The Labute approximate surface area is 132 Å². The van der Waals surface area contributed by atoms with Crippen molar-refractivity contribution < 1.29 is 13.5 Å². The maximum atomic E-state index is 12.9. The number of rotatable bonds is 3. The van der Waals surface area contributed by atoms with Crippen LogP contribution in [0.2, 0.25) is 0 Å². The molecular formula is C15H14BrNO3S. The normalized spacial score (nSPS) is 14.3. The van der Waals surface area contributed by atoms with Gasteiger partial charge in [0.2, 0.25) is 0 Å². The van der Waals surface area contributed by atoms with E-state index in [9.17, 15) is 13.5 Å². The molecule has 3 rings (SSSR count). The van der Waals surface area contributed by atoms with Crippen LogP contribution in [0.15, 0.2) is 51.8 Å². The minimum Gasteiger partial charge on any atom is -0.392 e. The molecule has 1 heterocycles. The van der Waals surface area contributed by atoms with E-state index in [1.807, 2.05) is 24.3 Å². The van der Waals surface area contributed by atoms with Crippen LogP contribution in [0.25, 0.3) is 0 Å². The molecule has 0 amide bonds. The van der Waals surface area contributed by atoms with Gasteiger partial charge in [-0.1, -0.05) is 24.3 Å². The Morgan fingerprint density at radius 2 is 1.95 bits per heavy atom. The van der Waals surface area contributed by atoms with Crippen molar-refractivity contribution in [1.29, 1.82) is 0 Å². The summed E-state index contributed by atoms with van der Waals surface area (Å²) in [4.78, 5) is 0.186. The molecule has 1 N–H and O–H groups in total. The average Bonchev–Trinajstić information content (AvgIpc) is 2.92. The molecule has 21 heavy (non-hydrogen) atoms. The summed E-state index contributed by atoms with van der Waals surface area (Å²) in [6, 6.07) is 12.4. The number of para-hydroxylation sites is 1. The van der Waals surface area contributed by atoms with Gasteiger partial charge in [-0.05, 0) is 51.7 Å². The van der Waals surface area contributed by atoms with E-state index in [0.717, 1.165) is 11.3 Å². The van der Waals surface area contributed by atoms with Crippen LogP contribution >= 0.6 is 15.9 Å². The van der Waals surface area contributed by atoms with Gasteiger partial charge in [-0.3, -0.25) is 4.31 Å². The van der Waals surface area contributed by atoms with Crippen LogP contribution in [0.4, 0.5) is 5.69 Å². The largest absolute Gasteiger partial charge is 0.392 e. The highest BCUT2D eigenvalue weighted by molar-refractivity contribution is 9.10. The molecule has 0 spiro atoms. The fourth-order valence-electron chi connectivity index (χ4n) is 2.52. The van der Waals surface area contributed by atoms with Crippen molar-refractivity contribution in [3.8, 4) is 0 Å². The number of fused-ring (bicyclic) bond motifs is 1. The second-order valence-electron chi connectivity index (χ2n) is 4.88. The summed E-state index contributed by atoms with van der Waals surface area (Å²) in [5.74, 6) is 0. The quantitative estimate of drug-likeness (QED) is 0.907. The number of sulfonamides is 1. The fourth-order valence-corrected chi connectivity index (χ4v) is 5.00. The summed E-state index contributed by atoms with van der Waals surface area (Å²) >= 11 is 3.30. The van der Waals surface area contributed by atoms with E-state index >= 15 is 0 Å². The Hall–Kier alpha value is -1.37. The average molecular weight is 368 g/mol. The summed E-state index contributed by atoms with van der Waals surface area (Å²) in [5, 5.41) is 9.22. The van der Waals surface area contributed by atoms with Gasteiger partial charge in [0, 0.05) is 11.0 Å². The van der Waals surface area contributed by atoms with Gasteiger partial charge in [-0.25, -0.2) is 8.42 Å². The molecule has 0 radical (unpaired) electrons. The first-order valence-corrected chi connectivity index (χ1v) is 8.77. The third kappa shape index (κ3) is 2.47. The van der Waals surface area contributed by atoms with E-state index < -0.39 is 10.0 Å². The highest BCUT2D eigenvalue weighted by Gasteiger charge is 2.31. The molecule has 0 aliphatic carbocycles. The molecule has 4 nitrogen and oxygen atoms in total. The van der Waals surface area contributed by atoms with Crippen molar-refractivity contribution in [3.63, 3.8) is 0 Å². The minimum atomic E-state index is -3.64. The molecule has 0 saturated carbocycles. The molecule has 2 aromatic carbocycles. The number of nitrogens with zero attached hydrogens (tertiary/aromatic N) is 1. The first-order chi connectivity index (χ1) is 10.0. The van der Waals surface area contributed by atoms with Crippen LogP contribution in [0, 0.1) is 0 Å². The van der Waals surface area contributed by atoms with E-state index in [-0.39, 0.29) is 11.5 Å². The zero-order chi connectivity index (χ0) is 15.0. The van der Waals surface area contributed by atoms with E-state index in [4.69, 9.17) is 0 Å². The van der Waals surface area contributed by atoms with Crippen molar-refractivity contribution in [3.05, 3.63) is 58.1 Å². The van der Waals surface area contributed by atoms with E-state index in [1.165, 1.54) is 10.4 Å². The smallest absolute Gasteiger partial charge is 0.265 e. The Morgan fingerprint density at radius 1 is 1.19 bits per heavy atom. The standard InChI is InChI=1S/C15H14BrNO3S/c16-13-6-5-11(10-18)9-15(13)21(19,20)17-8-7-12-3-1-2-4-14(12)17/h1-6,9,18H,7-8,10H2. The fraction of sp³-hybridized carbons (Fsp3) is 0.200. The van der Waals surface area contributed by atoms with Crippen molar-refractivity contribution in [1.82, 2.24) is 0 Å². The minimum absolute atomic E-state index is 0.186. The predicted octanol–water partition coefficient (Wildman–Crippen LogP) is 2.69. The van der Waals surface area contributed by atoms with Crippen LogP contribution in [-0.4, -0.2) is 20.1 Å². The number of hydrogen-bond acceptors (Lipinski definition) is 3. The molecule has 0 unspecified atom stereocenters. The Morgan fingerprint density at radius 3 is 2.71 bits per heavy atom. The number of aliphatic hydroxyl groups excluding tert-OH is 1. The van der Waals surface area contributed by atoms with Crippen LogP contribution in [0.1, 0.15) is 11.1 Å². The molecule has 1 aliphatic heterocycles. The van der Waals surface area contributed by atoms with E-state index in [2.05, 4.69) is 15.9 Å². The third-order valence-corrected chi connectivity index (χ3v) is 6.40. The lowest BCUT2D eigenvalue weighted by Crippen LogP contribution is -2.29. The Bertz CT molecular complexity index is 789. The highest BCUT2D eigenvalue weighted by atomic mass is 79.9. The zero-order valence-corrected chi connectivity index (χ0v) is 13.6. The van der Waals surface area contributed by atoms with Gasteiger partial charge in [-0.2, -0.15) is 0 Å². The first-order valence-electron chi connectivity index (χ1n) is 6.54. The molecule has 0 atom stereocenters. The van der Waals surface area contributed by atoms with Gasteiger partial charge < -0.3 is 5.11 Å². The summed E-state index contributed by atoms with van der Waals surface area (Å²) in [6.07, 6.45) is 0.715. The summed E-state index contributed by atoms with van der Waals surface area (Å²) in [5.41, 5.74) is 2.35. The lowest BCUT2D eigenvalue weighted by atomic mass is 10.2. The Balaban J connectivity index is 2.10. The molecular weight excluding hydrogens is 354 g/mol. The van der Waals surface area contributed by atoms with Gasteiger partial charge in [0.05, 0.1) is 12.3 Å². The van der Waals surface area contributed by atoms with E-state index in [1.54, 1.807) is 12.1 Å². The van der Waals surface area contributed by atoms with Crippen LogP contribution in [-0.2, 0) is 23.1 Å². The Kier molecular flexibility index (Phi) is 3.77. The molecule has 0 saturated heterocycles. The van der Waals surface area contributed by atoms with Gasteiger partial charge >= 0.3 is 0 Å². The second kappa shape index (κ2) is 5.44. The van der Waals surface area contributed by atoms with Gasteiger partial charge in [-0.15, -0.1) is 0 Å². The summed E-state index contributed by atoms with van der Waals surface area (Å²) in [6.45, 7) is 0.254.